The third-order valence-corrected chi connectivity index (χ3v) is 9.09. The molecule has 0 aromatic heterocycles. The number of hydrogen-bond acceptors (Lipinski definition) is 6. The van der Waals surface area contributed by atoms with Crippen molar-refractivity contribution in [2.45, 2.75) is 225 Å². The van der Waals surface area contributed by atoms with E-state index >= 15 is 0 Å². The van der Waals surface area contributed by atoms with Gasteiger partial charge < -0.3 is 25.2 Å². The fraction of sp³-hybridized carbons (Fsp3) is 0.927. The van der Waals surface area contributed by atoms with E-state index in [1.54, 1.807) is 0 Å². The summed E-state index contributed by atoms with van der Waals surface area (Å²) in [5, 5.41) is 34.8. The van der Waals surface area contributed by atoms with Crippen LogP contribution < -0.4 is 0 Å². The van der Waals surface area contributed by atoms with Gasteiger partial charge in [0.05, 0.1) is 6.61 Å². The molecule has 0 aliphatic heterocycles. The molecule has 292 valence electrons. The maximum absolute atomic E-state index is 11.4. The van der Waals surface area contributed by atoms with Crippen LogP contribution in [-0.4, -0.2) is 57.7 Å². The van der Waals surface area contributed by atoms with E-state index in [4.69, 9.17) is 25.2 Å². The zero-order valence-corrected chi connectivity index (χ0v) is 32.1. The zero-order valence-electron chi connectivity index (χ0n) is 32.1. The number of aliphatic carboxylic acids is 2. The lowest BCUT2D eigenvalue weighted by Crippen LogP contribution is -2.21. The van der Waals surface area contributed by atoms with E-state index in [2.05, 4.69) is 13.8 Å². The molecule has 1 unspecified atom stereocenters. The summed E-state index contributed by atoms with van der Waals surface area (Å²) in [4.78, 5) is 32.1. The quantitative estimate of drug-likeness (QED) is 0.0370. The largest absolute Gasteiger partial charge is 0.481 e. The molecule has 8 heteroatoms. The lowest BCUT2D eigenvalue weighted by atomic mass is 10.0. The summed E-state index contributed by atoms with van der Waals surface area (Å²) in [5.74, 6) is -0.771. The Morgan fingerprint density at radius 1 is 0.449 bits per heavy atom. The van der Waals surface area contributed by atoms with Gasteiger partial charge in [0.15, 0.2) is 0 Å². The number of ether oxygens (including phenoxy) is 1. The van der Waals surface area contributed by atoms with Crippen molar-refractivity contribution < 1.29 is 39.5 Å². The maximum Gasteiger partial charge on any atom is 0.305 e. The fourth-order valence-corrected chi connectivity index (χ4v) is 5.93. The highest BCUT2D eigenvalue weighted by Gasteiger charge is 2.07. The average molecular weight is 701 g/mol. The normalized spacial score (nSPS) is 11.7. The molecule has 4 N–H and O–H groups in total. The van der Waals surface area contributed by atoms with E-state index in [-0.39, 0.29) is 19.2 Å². The number of aliphatic hydroxyl groups is 2. The van der Waals surface area contributed by atoms with Crippen molar-refractivity contribution in [1.82, 2.24) is 0 Å². The van der Waals surface area contributed by atoms with Gasteiger partial charge in [0.25, 0.3) is 0 Å². The summed E-state index contributed by atoms with van der Waals surface area (Å²) < 4.78 is 4.86. The van der Waals surface area contributed by atoms with Crippen molar-refractivity contribution in [3.63, 3.8) is 0 Å². The molecule has 8 nitrogen and oxygen atoms in total. The van der Waals surface area contributed by atoms with Crippen molar-refractivity contribution in [3.8, 4) is 0 Å². The number of esters is 1. The third-order valence-electron chi connectivity index (χ3n) is 9.09. The van der Waals surface area contributed by atoms with Gasteiger partial charge in [-0.05, 0) is 25.2 Å². The molecule has 0 rings (SSSR count). The first-order valence-corrected chi connectivity index (χ1v) is 20.6. The highest BCUT2D eigenvalue weighted by Crippen LogP contribution is 2.16. The third kappa shape index (κ3) is 48.5. The molecule has 0 spiro atoms. The molecule has 0 aromatic rings. The maximum atomic E-state index is 11.4. The van der Waals surface area contributed by atoms with E-state index in [1.165, 1.54) is 148 Å². The van der Waals surface area contributed by atoms with Gasteiger partial charge >= 0.3 is 17.9 Å². The highest BCUT2D eigenvalue weighted by atomic mass is 16.5. The smallest absolute Gasteiger partial charge is 0.305 e. The molecule has 0 saturated heterocycles. The molecule has 0 bridgehead atoms. The van der Waals surface area contributed by atoms with Crippen LogP contribution >= 0.6 is 0 Å². The van der Waals surface area contributed by atoms with Crippen molar-refractivity contribution >= 4 is 17.9 Å². The number of carbonyl (C=O) groups excluding carboxylic acids is 1. The van der Waals surface area contributed by atoms with E-state index in [9.17, 15) is 14.4 Å². The van der Waals surface area contributed by atoms with Crippen molar-refractivity contribution in [2.75, 3.05) is 13.2 Å². The summed E-state index contributed by atoms with van der Waals surface area (Å²) in [6.07, 6.45) is 36.1. The zero-order chi connectivity index (χ0) is 36.6. The average Bonchev–Trinajstić information content (AvgIpc) is 3.06. The van der Waals surface area contributed by atoms with E-state index in [1.807, 2.05) is 0 Å². The summed E-state index contributed by atoms with van der Waals surface area (Å²) in [6, 6.07) is 0. The Bertz CT molecular complexity index is 682. The van der Waals surface area contributed by atoms with Crippen LogP contribution in [0.15, 0.2) is 0 Å². The number of rotatable bonds is 37. The Hall–Kier alpha value is -1.67. The predicted octanol–water partition coefficient (Wildman–Crippen LogP) is 11.2. The number of carbonyl (C=O) groups is 3. The Kier molecular flexibility index (Phi) is 41.1. The summed E-state index contributed by atoms with van der Waals surface area (Å²) >= 11 is 0. The SMILES string of the molecule is CC(C)CCCCCCCCCCCCCCC(=O)OCC(O)CO.O=C(O)CCCCCCCCCCCCCCCCCCC(=O)O. The molecule has 0 radical (unpaired) electrons. The summed E-state index contributed by atoms with van der Waals surface area (Å²) in [5.41, 5.74) is 0. The van der Waals surface area contributed by atoms with E-state index < -0.39 is 18.0 Å². The molecule has 0 aromatic carbocycles. The Labute approximate surface area is 301 Å². The van der Waals surface area contributed by atoms with Crippen molar-refractivity contribution in [1.29, 1.82) is 0 Å². The van der Waals surface area contributed by atoms with Crippen LogP contribution in [0.3, 0.4) is 0 Å². The Morgan fingerprint density at radius 2 is 0.714 bits per heavy atom. The van der Waals surface area contributed by atoms with Crippen LogP contribution in [0.5, 0.6) is 0 Å². The second-order valence-corrected chi connectivity index (χ2v) is 14.6. The molecule has 49 heavy (non-hydrogen) atoms. The van der Waals surface area contributed by atoms with Gasteiger partial charge in [0, 0.05) is 19.3 Å². The first-order chi connectivity index (χ1) is 23.7. The Balaban J connectivity index is 0. The lowest BCUT2D eigenvalue weighted by molar-refractivity contribution is -0.147. The van der Waals surface area contributed by atoms with Gasteiger partial charge in [-0.25, -0.2) is 0 Å². The number of carboxylic acids is 2. The number of unbranched alkanes of at least 4 members (excludes halogenated alkanes) is 26. The number of hydrogen-bond donors (Lipinski definition) is 4. The van der Waals surface area contributed by atoms with Gasteiger partial charge in [0.2, 0.25) is 0 Å². The van der Waals surface area contributed by atoms with Crippen LogP contribution in [0.4, 0.5) is 0 Å². The molecule has 1 atom stereocenters. The number of aliphatic hydroxyl groups excluding tert-OH is 2. The first kappa shape index (κ1) is 49.4. The Morgan fingerprint density at radius 3 is 0.980 bits per heavy atom. The van der Waals surface area contributed by atoms with Gasteiger partial charge in [-0.1, -0.05) is 181 Å². The van der Waals surface area contributed by atoms with Crippen LogP contribution in [0, 0.1) is 5.92 Å². The minimum Gasteiger partial charge on any atom is -0.481 e. The second-order valence-electron chi connectivity index (χ2n) is 14.6. The van der Waals surface area contributed by atoms with Crippen LogP contribution in [-0.2, 0) is 19.1 Å². The fourth-order valence-electron chi connectivity index (χ4n) is 5.93. The van der Waals surface area contributed by atoms with E-state index in [0.717, 1.165) is 44.4 Å². The standard InChI is InChI=1S/C21H42O4.C20H38O4/c1-19(2)15-13-11-9-7-5-3-4-6-8-10-12-14-16-21(24)25-18-20(23)17-22;21-19(22)17-15-13-11-9-7-5-3-1-2-4-6-8-10-12-14-16-18-20(23)24/h19-20,22-23H,3-18H2,1-2H3;1-18H2,(H,21,22)(H,23,24). The molecule has 0 fully saturated rings. The van der Waals surface area contributed by atoms with Gasteiger partial charge in [-0.3, -0.25) is 14.4 Å². The summed E-state index contributed by atoms with van der Waals surface area (Å²) in [7, 11) is 0. The van der Waals surface area contributed by atoms with Gasteiger partial charge in [-0.2, -0.15) is 0 Å². The van der Waals surface area contributed by atoms with E-state index in [0.29, 0.717) is 19.3 Å². The molecular weight excluding hydrogens is 620 g/mol. The van der Waals surface area contributed by atoms with Crippen molar-refractivity contribution in [2.24, 2.45) is 5.92 Å². The molecule has 0 amide bonds. The van der Waals surface area contributed by atoms with Crippen LogP contribution in [0.2, 0.25) is 0 Å². The lowest BCUT2D eigenvalue weighted by Gasteiger charge is -2.08. The first-order valence-electron chi connectivity index (χ1n) is 20.6. The van der Waals surface area contributed by atoms with Crippen molar-refractivity contribution in [3.05, 3.63) is 0 Å². The highest BCUT2D eigenvalue weighted by molar-refractivity contribution is 5.69. The molecule has 0 heterocycles. The topological polar surface area (TPSA) is 141 Å². The van der Waals surface area contributed by atoms with Crippen LogP contribution in [0.25, 0.3) is 0 Å². The second kappa shape index (κ2) is 40.8. The van der Waals surface area contributed by atoms with Gasteiger partial charge in [0.1, 0.15) is 12.7 Å². The minimum atomic E-state index is -0.955. The minimum absolute atomic E-state index is 0.104. The molecular formula is C41H80O8. The number of carboxylic acid groups (broad SMARTS) is 2. The molecule has 0 aliphatic carbocycles. The summed E-state index contributed by atoms with van der Waals surface area (Å²) in [6.45, 7) is 4.13. The van der Waals surface area contributed by atoms with Gasteiger partial charge in [-0.15, -0.1) is 0 Å². The predicted molar refractivity (Wildman–Crippen MR) is 202 cm³/mol. The molecule has 0 aliphatic rings. The van der Waals surface area contributed by atoms with Crippen LogP contribution in [0.1, 0.15) is 219 Å². The molecule has 0 saturated carbocycles. The monoisotopic (exact) mass is 701 g/mol.